The third kappa shape index (κ3) is 2.48. The molecule has 0 saturated carbocycles. The summed E-state index contributed by atoms with van der Waals surface area (Å²) in [7, 11) is 1.67. The summed E-state index contributed by atoms with van der Waals surface area (Å²) in [5, 5.41) is 15.2. The Morgan fingerprint density at radius 3 is 2.74 bits per heavy atom. The van der Waals surface area contributed by atoms with Crippen molar-refractivity contribution in [1.82, 2.24) is 19.3 Å². The van der Waals surface area contributed by atoms with Crippen molar-refractivity contribution in [3.05, 3.63) is 49.4 Å². The lowest BCUT2D eigenvalue weighted by Gasteiger charge is -2.04. The van der Waals surface area contributed by atoms with Crippen LogP contribution in [-0.2, 0) is 13.6 Å². The first-order valence-corrected chi connectivity index (χ1v) is 5.66. The number of aromatic nitrogens is 4. The van der Waals surface area contributed by atoms with Gasteiger partial charge in [-0.15, -0.1) is 0 Å². The number of nitrogens with zero attached hydrogens (tertiary/aromatic N) is 5. The van der Waals surface area contributed by atoms with E-state index in [-0.39, 0.29) is 12.2 Å². The van der Waals surface area contributed by atoms with Gasteiger partial charge in [0.25, 0.3) is 0 Å². The topological polar surface area (TPSA) is 95.8 Å². The standard InChI is InChI=1S/C10H10ClN5O3/c1-6-8(9(11)14(2)13-6)5-15-4-7(16(18)19)3-12-10(15)17/h3-4H,5H2,1-2H3. The van der Waals surface area contributed by atoms with Gasteiger partial charge in [0.2, 0.25) is 0 Å². The maximum atomic E-state index is 11.6. The average molecular weight is 284 g/mol. The van der Waals surface area contributed by atoms with Gasteiger partial charge >= 0.3 is 11.4 Å². The number of hydrogen-bond acceptors (Lipinski definition) is 5. The Hall–Kier alpha value is -2.22. The van der Waals surface area contributed by atoms with E-state index < -0.39 is 10.6 Å². The highest BCUT2D eigenvalue weighted by atomic mass is 35.5. The monoisotopic (exact) mass is 283 g/mol. The molecule has 0 amide bonds. The van der Waals surface area contributed by atoms with Crippen LogP contribution in [0.15, 0.2) is 17.2 Å². The molecule has 2 rings (SSSR count). The van der Waals surface area contributed by atoms with Crippen molar-refractivity contribution in [3.63, 3.8) is 0 Å². The average Bonchev–Trinajstić information content (AvgIpc) is 2.58. The third-order valence-electron chi connectivity index (χ3n) is 2.65. The molecule has 19 heavy (non-hydrogen) atoms. The largest absolute Gasteiger partial charge is 0.348 e. The zero-order chi connectivity index (χ0) is 14.2. The molecule has 0 aliphatic rings. The quantitative estimate of drug-likeness (QED) is 0.616. The van der Waals surface area contributed by atoms with Crippen LogP contribution in [0.2, 0.25) is 5.15 Å². The van der Waals surface area contributed by atoms with Crippen molar-refractivity contribution in [2.24, 2.45) is 7.05 Å². The van der Waals surface area contributed by atoms with Crippen LogP contribution in [-0.4, -0.2) is 24.3 Å². The molecule has 8 nitrogen and oxygen atoms in total. The molecule has 0 atom stereocenters. The van der Waals surface area contributed by atoms with Crippen molar-refractivity contribution in [2.45, 2.75) is 13.5 Å². The predicted molar refractivity (Wildman–Crippen MR) is 67.2 cm³/mol. The summed E-state index contributed by atoms with van der Waals surface area (Å²) in [6, 6.07) is 0. The Kier molecular flexibility index (Phi) is 3.34. The zero-order valence-electron chi connectivity index (χ0n) is 10.2. The van der Waals surface area contributed by atoms with Gasteiger partial charge in [0.1, 0.15) is 11.3 Å². The van der Waals surface area contributed by atoms with Gasteiger partial charge in [0, 0.05) is 12.6 Å². The summed E-state index contributed by atoms with van der Waals surface area (Å²) in [5.74, 6) is 0. The van der Waals surface area contributed by atoms with Crippen LogP contribution in [0, 0.1) is 17.0 Å². The summed E-state index contributed by atoms with van der Waals surface area (Å²) < 4.78 is 2.61. The van der Waals surface area contributed by atoms with Crippen LogP contribution in [0.5, 0.6) is 0 Å². The third-order valence-corrected chi connectivity index (χ3v) is 3.12. The number of halogens is 1. The molecule has 0 bridgehead atoms. The summed E-state index contributed by atoms with van der Waals surface area (Å²) in [5.41, 5.74) is 0.460. The van der Waals surface area contributed by atoms with E-state index in [2.05, 4.69) is 10.1 Å². The number of rotatable bonds is 3. The maximum absolute atomic E-state index is 11.6. The summed E-state index contributed by atoms with van der Waals surface area (Å²) in [4.78, 5) is 25.1. The molecule has 2 aromatic heterocycles. The fraction of sp³-hybridized carbons (Fsp3) is 0.300. The van der Waals surface area contributed by atoms with Gasteiger partial charge in [0.15, 0.2) is 0 Å². The van der Waals surface area contributed by atoms with Crippen molar-refractivity contribution in [1.29, 1.82) is 0 Å². The molecular formula is C10H10ClN5O3. The van der Waals surface area contributed by atoms with Crippen LogP contribution in [0.25, 0.3) is 0 Å². The van der Waals surface area contributed by atoms with Gasteiger partial charge in [-0.3, -0.25) is 19.4 Å². The second-order valence-electron chi connectivity index (χ2n) is 3.96. The molecule has 0 saturated heterocycles. The van der Waals surface area contributed by atoms with E-state index in [0.717, 1.165) is 17.0 Å². The van der Waals surface area contributed by atoms with Gasteiger partial charge in [-0.05, 0) is 6.92 Å². The van der Waals surface area contributed by atoms with Crippen LogP contribution in [0.1, 0.15) is 11.3 Å². The SMILES string of the molecule is Cc1nn(C)c(Cl)c1Cn1cc([N+](=O)[O-])cnc1=O. The summed E-state index contributed by atoms with van der Waals surface area (Å²) in [6.45, 7) is 1.84. The van der Waals surface area contributed by atoms with Crippen molar-refractivity contribution < 1.29 is 4.92 Å². The van der Waals surface area contributed by atoms with E-state index in [1.54, 1.807) is 14.0 Å². The minimum Gasteiger partial charge on any atom is -0.288 e. The number of nitro groups is 1. The number of aryl methyl sites for hydroxylation is 2. The molecule has 0 aliphatic heterocycles. The van der Waals surface area contributed by atoms with Crippen molar-refractivity contribution in [3.8, 4) is 0 Å². The van der Waals surface area contributed by atoms with Crippen LogP contribution in [0.3, 0.4) is 0 Å². The normalized spacial score (nSPS) is 10.7. The molecule has 0 aromatic carbocycles. The fourth-order valence-electron chi connectivity index (χ4n) is 1.68. The lowest BCUT2D eigenvalue weighted by molar-refractivity contribution is -0.385. The highest BCUT2D eigenvalue weighted by molar-refractivity contribution is 6.30. The maximum Gasteiger partial charge on any atom is 0.348 e. The highest BCUT2D eigenvalue weighted by Crippen LogP contribution is 2.19. The second-order valence-corrected chi connectivity index (χ2v) is 4.32. The first-order chi connectivity index (χ1) is 8.90. The van der Waals surface area contributed by atoms with Gasteiger partial charge in [-0.25, -0.2) is 4.79 Å². The van der Waals surface area contributed by atoms with Gasteiger partial charge < -0.3 is 0 Å². The smallest absolute Gasteiger partial charge is 0.288 e. The van der Waals surface area contributed by atoms with E-state index in [1.165, 1.54) is 4.68 Å². The summed E-state index contributed by atoms with van der Waals surface area (Å²) >= 11 is 6.05. The first-order valence-electron chi connectivity index (χ1n) is 5.29. The molecule has 2 heterocycles. The minimum absolute atomic E-state index is 0.0893. The minimum atomic E-state index is -0.610. The van der Waals surface area contributed by atoms with Crippen LogP contribution in [0.4, 0.5) is 5.69 Å². The number of hydrogen-bond donors (Lipinski definition) is 0. The Bertz CT molecular complexity index is 706. The van der Waals surface area contributed by atoms with E-state index >= 15 is 0 Å². The van der Waals surface area contributed by atoms with Gasteiger partial charge in [-0.2, -0.15) is 10.1 Å². The van der Waals surface area contributed by atoms with Crippen molar-refractivity contribution in [2.75, 3.05) is 0 Å². The molecule has 0 fully saturated rings. The molecule has 0 aliphatic carbocycles. The molecule has 9 heteroatoms. The Morgan fingerprint density at radius 2 is 2.21 bits per heavy atom. The molecular weight excluding hydrogens is 274 g/mol. The van der Waals surface area contributed by atoms with Crippen molar-refractivity contribution >= 4 is 17.3 Å². The predicted octanol–water partition coefficient (Wildman–Crippen LogP) is 0.895. The highest BCUT2D eigenvalue weighted by Gasteiger charge is 2.15. The molecule has 0 spiro atoms. The lowest BCUT2D eigenvalue weighted by Crippen LogP contribution is -2.23. The second kappa shape index (κ2) is 4.81. The molecule has 100 valence electrons. The van der Waals surface area contributed by atoms with E-state index in [4.69, 9.17) is 11.6 Å². The first kappa shape index (κ1) is 13.2. The van der Waals surface area contributed by atoms with E-state index in [0.29, 0.717) is 16.4 Å². The molecule has 2 aromatic rings. The van der Waals surface area contributed by atoms with Gasteiger partial charge in [-0.1, -0.05) is 11.6 Å². The van der Waals surface area contributed by atoms with Crippen LogP contribution < -0.4 is 5.69 Å². The Labute approximate surface area is 112 Å². The molecule has 0 N–H and O–H groups in total. The van der Waals surface area contributed by atoms with Gasteiger partial charge in [0.05, 0.1) is 23.4 Å². The summed E-state index contributed by atoms with van der Waals surface area (Å²) in [6.07, 6.45) is 2.06. The molecule has 0 radical (unpaired) electrons. The Morgan fingerprint density at radius 1 is 1.53 bits per heavy atom. The van der Waals surface area contributed by atoms with E-state index in [9.17, 15) is 14.9 Å². The van der Waals surface area contributed by atoms with E-state index in [1.807, 2.05) is 0 Å². The fourth-order valence-corrected chi connectivity index (χ4v) is 1.91. The lowest BCUT2D eigenvalue weighted by atomic mass is 10.2. The zero-order valence-corrected chi connectivity index (χ0v) is 11.0. The Balaban J connectivity index is 2.46. The van der Waals surface area contributed by atoms with Crippen LogP contribution >= 0.6 is 11.6 Å². The molecule has 0 unspecified atom stereocenters.